The molecule has 202 valence electrons. The molecular formula is C29H30N4O5S. The standard InChI is InChI=1S/C29H30N4O5S/c1-3-38-28-14-21(11-12-27(28)37-2)19-31-25-15-23(29(34)32-20-22-8-7-13-30-18-22)16-26(17-25)39(35,36)33-24-9-5-4-6-10-24/h4-18,31,33H,3,19-20H2,1-2H3,(H,32,34). The van der Waals surface area contributed by atoms with Gasteiger partial charge in [-0.25, -0.2) is 8.42 Å². The summed E-state index contributed by atoms with van der Waals surface area (Å²) in [5.74, 6) is 0.813. The molecule has 4 rings (SSSR count). The zero-order valence-corrected chi connectivity index (χ0v) is 22.5. The first-order valence-corrected chi connectivity index (χ1v) is 13.8. The summed E-state index contributed by atoms with van der Waals surface area (Å²) in [6.45, 7) is 2.98. The third-order valence-electron chi connectivity index (χ3n) is 5.71. The van der Waals surface area contributed by atoms with Crippen molar-refractivity contribution >= 4 is 27.3 Å². The average Bonchev–Trinajstić information content (AvgIpc) is 2.96. The van der Waals surface area contributed by atoms with Gasteiger partial charge in [0.2, 0.25) is 0 Å². The Morgan fingerprint density at radius 1 is 0.872 bits per heavy atom. The van der Waals surface area contributed by atoms with Crippen LogP contribution in [0.2, 0.25) is 0 Å². The molecule has 0 radical (unpaired) electrons. The van der Waals surface area contributed by atoms with Crippen LogP contribution in [0.25, 0.3) is 0 Å². The summed E-state index contributed by atoms with van der Waals surface area (Å²) in [4.78, 5) is 17.1. The molecule has 0 atom stereocenters. The van der Waals surface area contributed by atoms with Crippen molar-refractivity contribution in [2.75, 3.05) is 23.8 Å². The van der Waals surface area contributed by atoms with Gasteiger partial charge in [0.1, 0.15) is 0 Å². The van der Waals surface area contributed by atoms with Crippen LogP contribution >= 0.6 is 0 Å². The number of benzene rings is 3. The summed E-state index contributed by atoms with van der Waals surface area (Å²) >= 11 is 0. The van der Waals surface area contributed by atoms with E-state index in [0.717, 1.165) is 11.1 Å². The fourth-order valence-corrected chi connectivity index (χ4v) is 4.93. The van der Waals surface area contributed by atoms with Crippen LogP contribution in [0.4, 0.5) is 11.4 Å². The molecule has 0 spiro atoms. The number of rotatable bonds is 12. The Hall–Kier alpha value is -4.57. The van der Waals surface area contributed by atoms with Gasteiger partial charge in [-0.05, 0) is 66.6 Å². The van der Waals surface area contributed by atoms with E-state index in [1.165, 1.54) is 12.1 Å². The van der Waals surface area contributed by atoms with Gasteiger partial charge in [-0.1, -0.05) is 30.3 Å². The molecule has 0 bridgehead atoms. The number of hydrogen-bond donors (Lipinski definition) is 3. The predicted octanol–water partition coefficient (Wildman–Crippen LogP) is 4.83. The lowest BCUT2D eigenvalue weighted by Crippen LogP contribution is -2.23. The van der Waals surface area contributed by atoms with Gasteiger partial charge in [0.25, 0.3) is 15.9 Å². The molecule has 0 aliphatic carbocycles. The summed E-state index contributed by atoms with van der Waals surface area (Å²) in [5, 5.41) is 6.06. The highest BCUT2D eigenvalue weighted by Crippen LogP contribution is 2.29. The first-order chi connectivity index (χ1) is 18.9. The number of anilines is 2. The number of methoxy groups -OCH3 is 1. The van der Waals surface area contributed by atoms with Crippen molar-refractivity contribution in [3.63, 3.8) is 0 Å². The van der Waals surface area contributed by atoms with E-state index >= 15 is 0 Å². The van der Waals surface area contributed by atoms with Crippen LogP contribution in [0, 0.1) is 0 Å². The normalized spacial score (nSPS) is 10.9. The molecule has 1 amide bonds. The van der Waals surface area contributed by atoms with Crippen LogP contribution in [0.5, 0.6) is 11.5 Å². The van der Waals surface area contributed by atoms with Gasteiger partial charge < -0.3 is 20.1 Å². The Morgan fingerprint density at radius 2 is 1.69 bits per heavy atom. The molecule has 0 saturated carbocycles. The van der Waals surface area contributed by atoms with Gasteiger partial charge in [0.15, 0.2) is 11.5 Å². The maximum Gasteiger partial charge on any atom is 0.261 e. The Bertz CT molecular complexity index is 1510. The number of carbonyl (C=O) groups is 1. The van der Waals surface area contributed by atoms with Crippen LogP contribution in [-0.2, 0) is 23.1 Å². The zero-order valence-electron chi connectivity index (χ0n) is 21.7. The molecule has 0 fully saturated rings. The number of para-hydroxylation sites is 1. The highest BCUT2D eigenvalue weighted by atomic mass is 32.2. The van der Waals surface area contributed by atoms with Gasteiger partial charge >= 0.3 is 0 Å². The number of hydrogen-bond acceptors (Lipinski definition) is 7. The number of aromatic nitrogens is 1. The Morgan fingerprint density at radius 3 is 2.41 bits per heavy atom. The van der Waals surface area contributed by atoms with E-state index in [1.807, 2.05) is 31.2 Å². The number of amides is 1. The first-order valence-electron chi connectivity index (χ1n) is 12.3. The molecule has 0 saturated heterocycles. The summed E-state index contributed by atoms with van der Waals surface area (Å²) in [6, 6.07) is 22.2. The van der Waals surface area contributed by atoms with Gasteiger partial charge in [-0.15, -0.1) is 0 Å². The molecule has 10 heteroatoms. The van der Waals surface area contributed by atoms with E-state index in [2.05, 4.69) is 20.3 Å². The largest absolute Gasteiger partial charge is 0.493 e. The van der Waals surface area contributed by atoms with Crippen molar-refractivity contribution in [1.29, 1.82) is 0 Å². The SMILES string of the molecule is CCOc1cc(CNc2cc(C(=O)NCc3cccnc3)cc(S(=O)(=O)Nc3ccccc3)c2)ccc1OC. The first kappa shape index (κ1) is 27.5. The molecule has 1 aromatic heterocycles. The number of carbonyl (C=O) groups excluding carboxylic acids is 1. The zero-order chi connectivity index (χ0) is 27.7. The molecule has 9 nitrogen and oxygen atoms in total. The fraction of sp³-hybridized carbons (Fsp3) is 0.172. The molecule has 0 unspecified atom stereocenters. The smallest absolute Gasteiger partial charge is 0.261 e. The fourth-order valence-electron chi connectivity index (χ4n) is 3.80. The highest BCUT2D eigenvalue weighted by Gasteiger charge is 2.19. The molecule has 39 heavy (non-hydrogen) atoms. The topological polar surface area (TPSA) is 119 Å². The Balaban J connectivity index is 1.60. The van der Waals surface area contributed by atoms with Crippen LogP contribution in [0.3, 0.4) is 0 Å². The number of ether oxygens (including phenoxy) is 2. The number of nitrogens with one attached hydrogen (secondary N) is 3. The summed E-state index contributed by atoms with van der Waals surface area (Å²) in [6.07, 6.45) is 3.31. The summed E-state index contributed by atoms with van der Waals surface area (Å²) in [5.41, 5.74) is 2.79. The Kier molecular flexibility index (Phi) is 9.01. The maximum atomic E-state index is 13.3. The van der Waals surface area contributed by atoms with Gasteiger partial charge in [-0.3, -0.25) is 14.5 Å². The van der Waals surface area contributed by atoms with Gasteiger partial charge in [0.05, 0.1) is 18.6 Å². The number of pyridine rings is 1. The van der Waals surface area contributed by atoms with E-state index in [-0.39, 0.29) is 17.0 Å². The quantitative estimate of drug-likeness (QED) is 0.233. The lowest BCUT2D eigenvalue weighted by atomic mass is 10.1. The van der Waals surface area contributed by atoms with E-state index < -0.39 is 15.9 Å². The second kappa shape index (κ2) is 12.8. The van der Waals surface area contributed by atoms with Gasteiger partial charge in [0, 0.05) is 42.4 Å². The summed E-state index contributed by atoms with van der Waals surface area (Å²) in [7, 11) is -2.41. The van der Waals surface area contributed by atoms with Crippen LogP contribution in [0.15, 0.2) is 96.2 Å². The van der Waals surface area contributed by atoms with E-state index in [0.29, 0.717) is 36.0 Å². The van der Waals surface area contributed by atoms with E-state index in [1.54, 1.807) is 62.0 Å². The second-order valence-corrected chi connectivity index (χ2v) is 10.2. The van der Waals surface area contributed by atoms with Crippen molar-refractivity contribution < 1.29 is 22.7 Å². The van der Waals surface area contributed by atoms with E-state index in [9.17, 15) is 13.2 Å². The van der Waals surface area contributed by atoms with Crippen molar-refractivity contribution in [3.05, 3.63) is 108 Å². The van der Waals surface area contributed by atoms with Crippen molar-refractivity contribution in [1.82, 2.24) is 10.3 Å². The number of sulfonamides is 1. The number of nitrogens with zero attached hydrogens (tertiary/aromatic N) is 1. The van der Waals surface area contributed by atoms with Crippen molar-refractivity contribution in [2.24, 2.45) is 0 Å². The second-order valence-electron chi connectivity index (χ2n) is 8.53. The van der Waals surface area contributed by atoms with Crippen molar-refractivity contribution in [2.45, 2.75) is 24.9 Å². The molecule has 3 N–H and O–H groups in total. The molecule has 4 aromatic rings. The minimum Gasteiger partial charge on any atom is -0.493 e. The molecule has 0 aliphatic rings. The maximum absolute atomic E-state index is 13.3. The third-order valence-corrected chi connectivity index (χ3v) is 7.07. The minimum absolute atomic E-state index is 0.0485. The minimum atomic E-state index is -3.98. The summed E-state index contributed by atoms with van der Waals surface area (Å²) < 4.78 is 40.1. The van der Waals surface area contributed by atoms with E-state index in [4.69, 9.17) is 9.47 Å². The van der Waals surface area contributed by atoms with Crippen molar-refractivity contribution in [3.8, 4) is 11.5 Å². The Labute approximate surface area is 228 Å². The highest BCUT2D eigenvalue weighted by molar-refractivity contribution is 7.92. The molecule has 1 heterocycles. The van der Waals surface area contributed by atoms with Gasteiger partial charge in [-0.2, -0.15) is 0 Å². The predicted molar refractivity (Wildman–Crippen MR) is 151 cm³/mol. The monoisotopic (exact) mass is 546 g/mol. The lowest BCUT2D eigenvalue weighted by molar-refractivity contribution is 0.0950. The van der Waals surface area contributed by atoms with Crippen LogP contribution < -0.4 is 24.8 Å². The van der Waals surface area contributed by atoms with Crippen LogP contribution in [0.1, 0.15) is 28.4 Å². The molecule has 3 aromatic carbocycles. The molecule has 0 aliphatic heterocycles. The third kappa shape index (κ3) is 7.48. The lowest BCUT2D eigenvalue weighted by Gasteiger charge is -2.15. The molecular weight excluding hydrogens is 516 g/mol. The van der Waals surface area contributed by atoms with Crippen LogP contribution in [-0.4, -0.2) is 33.0 Å². The average molecular weight is 547 g/mol.